The maximum atomic E-state index is 12.7. The zero-order valence-electron chi connectivity index (χ0n) is 15.5. The largest absolute Gasteiger partial charge is 0.331 e. The molecule has 0 spiro atoms. The van der Waals surface area contributed by atoms with Crippen LogP contribution >= 0.6 is 0 Å². The van der Waals surface area contributed by atoms with Gasteiger partial charge in [-0.15, -0.1) is 0 Å². The number of fused-ring (bicyclic) bond motifs is 1. The van der Waals surface area contributed by atoms with Gasteiger partial charge in [-0.3, -0.25) is 4.79 Å². The molecule has 2 atom stereocenters. The first-order valence-corrected chi connectivity index (χ1v) is 8.94. The van der Waals surface area contributed by atoms with Gasteiger partial charge < -0.3 is 15.5 Å². The maximum Gasteiger partial charge on any atom is 0.318 e. The summed E-state index contributed by atoms with van der Waals surface area (Å²) in [6, 6.07) is 15.7. The van der Waals surface area contributed by atoms with Crippen LogP contribution in [0.15, 0.2) is 48.5 Å². The molecule has 0 heterocycles. The number of nitrogens with zero attached hydrogens (tertiary/aromatic N) is 1. The predicted molar refractivity (Wildman–Crippen MR) is 103 cm³/mol. The van der Waals surface area contributed by atoms with Crippen LogP contribution < -0.4 is 10.6 Å². The first-order valence-electron chi connectivity index (χ1n) is 8.94. The number of carbonyl (C=O) groups is 2. The van der Waals surface area contributed by atoms with Crippen molar-refractivity contribution >= 4 is 17.6 Å². The van der Waals surface area contributed by atoms with E-state index in [-0.39, 0.29) is 24.0 Å². The van der Waals surface area contributed by atoms with E-state index in [1.807, 2.05) is 50.4 Å². The smallest absolute Gasteiger partial charge is 0.318 e. The van der Waals surface area contributed by atoms with Gasteiger partial charge in [-0.05, 0) is 48.6 Å². The van der Waals surface area contributed by atoms with Gasteiger partial charge in [-0.1, -0.05) is 36.4 Å². The lowest BCUT2D eigenvalue weighted by Gasteiger charge is -2.27. The Bertz CT molecular complexity index is 818. The molecule has 0 saturated heterocycles. The van der Waals surface area contributed by atoms with Gasteiger partial charge in [-0.25, -0.2) is 4.79 Å². The van der Waals surface area contributed by atoms with E-state index in [1.54, 1.807) is 4.90 Å². The standard InChI is InChI=1S/C21H25N3O2/c1-14(17-8-6-9-18(13-17)23-15(2)25)22-21(26)24(3)20-12-11-16-7-4-5-10-19(16)20/h4-10,13-14,20H,11-12H2,1-3H3,(H,22,26)(H,23,25)/t14-,20-/m0/s1. The van der Waals surface area contributed by atoms with Crippen molar-refractivity contribution < 1.29 is 9.59 Å². The van der Waals surface area contributed by atoms with Gasteiger partial charge in [0.15, 0.2) is 0 Å². The van der Waals surface area contributed by atoms with E-state index in [2.05, 4.69) is 22.8 Å². The summed E-state index contributed by atoms with van der Waals surface area (Å²) in [6.45, 7) is 3.42. The number of hydrogen-bond acceptors (Lipinski definition) is 2. The van der Waals surface area contributed by atoms with Gasteiger partial charge in [-0.2, -0.15) is 0 Å². The van der Waals surface area contributed by atoms with Crippen LogP contribution in [0.25, 0.3) is 0 Å². The third-order valence-electron chi connectivity index (χ3n) is 4.94. The molecule has 26 heavy (non-hydrogen) atoms. The summed E-state index contributed by atoms with van der Waals surface area (Å²) in [7, 11) is 1.85. The second kappa shape index (κ2) is 7.60. The van der Waals surface area contributed by atoms with Crippen LogP contribution in [0.4, 0.5) is 10.5 Å². The van der Waals surface area contributed by atoms with Crippen molar-refractivity contribution in [3.05, 3.63) is 65.2 Å². The molecule has 3 rings (SSSR count). The predicted octanol–water partition coefficient (Wildman–Crippen LogP) is 4.03. The van der Waals surface area contributed by atoms with Crippen molar-refractivity contribution in [2.75, 3.05) is 12.4 Å². The van der Waals surface area contributed by atoms with Gasteiger partial charge in [0.1, 0.15) is 0 Å². The van der Waals surface area contributed by atoms with Gasteiger partial charge in [0.2, 0.25) is 5.91 Å². The van der Waals surface area contributed by atoms with Crippen molar-refractivity contribution in [2.45, 2.75) is 38.8 Å². The van der Waals surface area contributed by atoms with Gasteiger partial charge in [0, 0.05) is 19.7 Å². The minimum atomic E-state index is -0.157. The highest BCUT2D eigenvalue weighted by atomic mass is 16.2. The molecule has 0 fully saturated rings. The Kier molecular flexibility index (Phi) is 5.26. The van der Waals surface area contributed by atoms with E-state index in [9.17, 15) is 9.59 Å². The second-order valence-corrected chi connectivity index (χ2v) is 6.84. The first-order chi connectivity index (χ1) is 12.5. The molecule has 5 heteroatoms. The summed E-state index contributed by atoms with van der Waals surface area (Å²) in [5.41, 5.74) is 4.25. The number of carbonyl (C=O) groups excluding carboxylic acids is 2. The quantitative estimate of drug-likeness (QED) is 0.873. The zero-order valence-corrected chi connectivity index (χ0v) is 15.5. The summed E-state index contributed by atoms with van der Waals surface area (Å²) in [5, 5.41) is 5.83. The molecular weight excluding hydrogens is 326 g/mol. The second-order valence-electron chi connectivity index (χ2n) is 6.84. The fraction of sp³-hybridized carbons (Fsp3) is 0.333. The van der Waals surface area contributed by atoms with E-state index in [4.69, 9.17) is 0 Å². The number of aryl methyl sites for hydroxylation is 1. The van der Waals surface area contributed by atoms with E-state index in [0.717, 1.165) is 24.1 Å². The first kappa shape index (κ1) is 18.0. The normalized spacial score (nSPS) is 16.5. The lowest BCUT2D eigenvalue weighted by atomic mass is 10.1. The molecule has 2 N–H and O–H groups in total. The molecule has 0 aliphatic heterocycles. The molecule has 2 aromatic rings. The molecule has 5 nitrogen and oxygen atoms in total. The van der Waals surface area contributed by atoms with Crippen LogP contribution in [0.2, 0.25) is 0 Å². The Labute approximate surface area is 154 Å². The highest BCUT2D eigenvalue weighted by Gasteiger charge is 2.28. The number of amides is 3. The SMILES string of the molecule is CC(=O)Nc1cccc([C@H](C)NC(=O)N(C)[C@H]2CCc3ccccc32)c1. The molecule has 0 radical (unpaired) electrons. The fourth-order valence-corrected chi connectivity index (χ4v) is 3.54. The third-order valence-corrected chi connectivity index (χ3v) is 4.94. The number of rotatable bonds is 4. The minimum Gasteiger partial charge on any atom is -0.331 e. The molecule has 1 aliphatic rings. The zero-order chi connectivity index (χ0) is 18.7. The minimum absolute atomic E-state index is 0.0934. The Morgan fingerprint density at radius 3 is 2.69 bits per heavy atom. The van der Waals surface area contributed by atoms with Crippen LogP contribution in [0.5, 0.6) is 0 Å². The molecule has 3 amide bonds. The van der Waals surface area contributed by atoms with Crippen LogP contribution in [0.1, 0.15) is 49.0 Å². The summed E-state index contributed by atoms with van der Waals surface area (Å²) in [5.74, 6) is -0.113. The van der Waals surface area contributed by atoms with Gasteiger partial charge in [0.05, 0.1) is 12.1 Å². The van der Waals surface area contributed by atoms with E-state index in [1.165, 1.54) is 18.1 Å². The number of anilines is 1. The van der Waals surface area contributed by atoms with Gasteiger partial charge >= 0.3 is 6.03 Å². The molecule has 136 valence electrons. The van der Waals surface area contributed by atoms with Crippen molar-refractivity contribution in [3.8, 4) is 0 Å². The Morgan fingerprint density at radius 1 is 1.15 bits per heavy atom. The van der Waals surface area contributed by atoms with Gasteiger partial charge in [0.25, 0.3) is 0 Å². The van der Waals surface area contributed by atoms with Crippen LogP contribution in [-0.4, -0.2) is 23.9 Å². The van der Waals surface area contributed by atoms with Crippen LogP contribution in [0, 0.1) is 0 Å². The monoisotopic (exact) mass is 351 g/mol. The number of urea groups is 1. The lowest BCUT2D eigenvalue weighted by Crippen LogP contribution is -2.40. The Morgan fingerprint density at radius 2 is 1.92 bits per heavy atom. The van der Waals surface area contributed by atoms with E-state index in [0.29, 0.717) is 0 Å². The van der Waals surface area contributed by atoms with Crippen molar-refractivity contribution in [1.82, 2.24) is 10.2 Å². The third kappa shape index (κ3) is 3.87. The highest BCUT2D eigenvalue weighted by Crippen LogP contribution is 2.34. The number of nitrogens with one attached hydrogen (secondary N) is 2. The van der Waals surface area contributed by atoms with Crippen molar-refractivity contribution in [1.29, 1.82) is 0 Å². The van der Waals surface area contributed by atoms with Crippen LogP contribution in [0.3, 0.4) is 0 Å². The van der Waals surface area contributed by atoms with Crippen LogP contribution in [-0.2, 0) is 11.2 Å². The molecule has 0 aromatic heterocycles. The molecule has 0 bridgehead atoms. The Balaban J connectivity index is 1.67. The average molecular weight is 351 g/mol. The maximum absolute atomic E-state index is 12.7. The summed E-state index contributed by atoms with van der Waals surface area (Å²) < 4.78 is 0. The number of benzene rings is 2. The molecule has 0 unspecified atom stereocenters. The average Bonchev–Trinajstić information content (AvgIpc) is 3.04. The van der Waals surface area contributed by atoms with Crippen molar-refractivity contribution in [2.24, 2.45) is 0 Å². The summed E-state index contributed by atoms with van der Waals surface area (Å²) >= 11 is 0. The summed E-state index contributed by atoms with van der Waals surface area (Å²) in [4.78, 5) is 25.7. The topological polar surface area (TPSA) is 61.4 Å². The molecule has 2 aromatic carbocycles. The molecule has 0 saturated carbocycles. The lowest BCUT2D eigenvalue weighted by molar-refractivity contribution is -0.114. The van der Waals surface area contributed by atoms with E-state index >= 15 is 0 Å². The van der Waals surface area contributed by atoms with Crippen molar-refractivity contribution in [3.63, 3.8) is 0 Å². The summed E-state index contributed by atoms with van der Waals surface area (Å²) in [6.07, 6.45) is 1.96. The molecule has 1 aliphatic carbocycles. The molecular formula is C21H25N3O2. The Hall–Kier alpha value is -2.82. The highest BCUT2D eigenvalue weighted by molar-refractivity contribution is 5.88. The number of hydrogen-bond donors (Lipinski definition) is 2. The fourth-order valence-electron chi connectivity index (χ4n) is 3.54. The van der Waals surface area contributed by atoms with E-state index < -0.39 is 0 Å².